The monoisotopic (exact) mass is 337 g/mol. The minimum absolute atomic E-state index is 0.159. The summed E-state index contributed by atoms with van der Waals surface area (Å²) in [7, 11) is -0.949. The van der Waals surface area contributed by atoms with Crippen LogP contribution in [0.4, 0.5) is 11.4 Å². The molecule has 8 heteroatoms. The van der Waals surface area contributed by atoms with Crippen molar-refractivity contribution in [3.63, 3.8) is 0 Å². The molecular weight excluding hydrogens is 318 g/mol. The van der Waals surface area contributed by atoms with Gasteiger partial charge < -0.3 is 15.5 Å². The number of hydrogen-bond acceptors (Lipinski definition) is 5. The summed E-state index contributed by atoms with van der Waals surface area (Å²) in [6, 6.07) is 6.38. The van der Waals surface area contributed by atoms with E-state index in [1.54, 1.807) is 18.2 Å². The SMILES string of the molecule is Cc1ccc(N)cc1NC(=O)c1cc(S(=O)(=O)N(C)C)oc1C. The molecule has 124 valence electrons. The molecule has 23 heavy (non-hydrogen) atoms. The number of nitrogen functional groups attached to an aromatic ring is 1. The van der Waals surface area contributed by atoms with E-state index < -0.39 is 15.9 Å². The molecule has 0 bridgehead atoms. The summed E-state index contributed by atoms with van der Waals surface area (Å²) in [5, 5.41) is 2.45. The maximum Gasteiger partial charge on any atom is 0.275 e. The Hall–Kier alpha value is -2.32. The van der Waals surface area contributed by atoms with Gasteiger partial charge in [0, 0.05) is 31.5 Å². The van der Waals surface area contributed by atoms with Gasteiger partial charge in [-0.2, -0.15) is 0 Å². The van der Waals surface area contributed by atoms with Crippen LogP contribution in [0.15, 0.2) is 33.8 Å². The van der Waals surface area contributed by atoms with Crippen LogP contribution >= 0.6 is 0 Å². The average Bonchev–Trinajstić information content (AvgIpc) is 2.85. The van der Waals surface area contributed by atoms with Gasteiger partial charge in [0.25, 0.3) is 15.9 Å². The van der Waals surface area contributed by atoms with Gasteiger partial charge in [0.15, 0.2) is 0 Å². The predicted octanol–water partition coefficient (Wildman–Crippen LogP) is 1.98. The molecule has 0 spiro atoms. The van der Waals surface area contributed by atoms with Crippen molar-refractivity contribution in [1.82, 2.24) is 4.31 Å². The summed E-state index contributed by atoms with van der Waals surface area (Å²) >= 11 is 0. The first kappa shape index (κ1) is 17.0. The standard InChI is InChI=1S/C15H19N3O4S/c1-9-5-6-11(16)7-13(9)17-15(19)12-8-14(22-10(12)2)23(20,21)18(3)4/h5-8H,16H2,1-4H3,(H,17,19). The molecule has 0 fully saturated rings. The molecule has 0 unspecified atom stereocenters. The van der Waals surface area contributed by atoms with Gasteiger partial charge in [-0.25, -0.2) is 12.7 Å². The molecule has 2 rings (SSSR count). The highest BCUT2D eigenvalue weighted by molar-refractivity contribution is 7.88. The number of carbonyl (C=O) groups excluding carboxylic acids is 1. The van der Waals surface area contributed by atoms with Gasteiger partial charge in [-0.1, -0.05) is 6.07 Å². The van der Waals surface area contributed by atoms with E-state index in [9.17, 15) is 13.2 Å². The van der Waals surface area contributed by atoms with Crippen molar-refractivity contribution >= 4 is 27.3 Å². The number of nitrogens with zero attached hydrogens (tertiary/aromatic N) is 1. The highest BCUT2D eigenvalue weighted by atomic mass is 32.2. The summed E-state index contributed by atoms with van der Waals surface area (Å²) in [4.78, 5) is 12.4. The second kappa shape index (κ2) is 6.05. The lowest BCUT2D eigenvalue weighted by Crippen LogP contribution is -2.21. The first-order valence-corrected chi connectivity index (χ1v) is 8.27. The number of rotatable bonds is 4. The van der Waals surface area contributed by atoms with Gasteiger partial charge in [0.1, 0.15) is 5.76 Å². The number of amides is 1. The van der Waals surface area contributed by atoms with Crippen molar-refractivity contribution < 1.29 is 17.6 Å². The Morgan fingerprint density at radius 3 is 2.48 bits per heavy atom. The number of sulfonamides is 1. The molecule has 0 saturated carbocycles. The molecule has 0 saturated heterocycles. The Balaban J connectivity index is 2.34. The zero-order chi connectivity index (χ0) is 17.4. The van der Waals surface area contributed by atoms with Crippen LogP contribution in [0.3, 0.4) is 0 Å². The molecular formula is C15H19N3O4S. The lowest BCUT2D eigenvalue weighted by Gasteiger charge is -2.08. The van der Waals surface area contributed by atoms with E-state index in [2.05, 4.69) is 5.32 Å². The van der Waals surface area contributed by atoms with Crippen LogP contribution in [0, 0.1) is 13.8 Å². The number of furan rings is 1. The van der Waals surface area contributed by atoms with Crippen LogP contribution in [0.1, 0.15) is 21.7 Å². The van der Waals surface area contributed by atoms with E-state index in [-0.39, 0.29) is 16.4 Å². The number of nitrogens with two attached hydrogens (primary N) is 1. The number of nitrogens with one attached hydrogen (secondary N) is 1. The van der Waals surface area contributed by atoms with E-state index in [1.807, 2.05) is 6.92 Å². The van der Waals surface area contributed by atoms with Crippen molar-refractivity contribution in [3.8, 4) is 0 Å². The molecule has 2 aromatic rings. The van der Waals surface area contributed by atoms with Gasteiger partial charge >= 0.3 is 0 Å². The first-order valence-electron chi connectivity index (χ1n) is 6.83. The third-order valence-electron chi connectivity index (χ3n) is 3.38. The lowest BCUT2D eigenvalue weighted by atomic mass is 10.1. The molecule has 0 atom stereocenters. The van der Waals surface area contributed by atoms with E-state index >= 15 is 0 Å². The third-order valence-corrected chi connectivity index (χ3v) is 5.06. The van der Waals surface area contributed by atoms with Crippen LogP contribution in [-0.4, -0.2) is 32.7 Å². The van der Waals surface area contributed by atoms with Crippen LogP contribution in [0.25, 0.3) is 0 Å². The fourth-order valence-electron chi connectivity index (χ4n) is 1.95. The molecule has 3 N–H and O–H groups in total. The summed E-state index contributed by atoms with van der Waals surface area (Å²) in [5.41, 5.74) is 7.80. The van der Waals surface area contributed by atoms with Crippen LogP contribution in [-0.2, 0) is 10.0 Å². The van der Waals surface area contributed by atoms with Crippen molar-refractivity contribution in [1.29, 1.82) is 0 Å². The van der Waals surface area contributed by atoms with Gasteiger partial charge in [-0.3, -0.25) is 4.79 Å². The highest BCUT2D eigenvalue weighted by Crippen LogP contribution is 2.24. The summed E-state index contributed by atoms with van der Waals surface area (Å²) in [6.07, 6.45) is 0. The van der Waals surface area contributed by atoms with Crippen molar-refractivity contribution in [2.75, 3.05) is 25.1 Å². The van der Waals surface area contributed by atoms with Crippen LogP contribution in [0.2, 0.25) is 0 Å². The minimum atomic E-state index is -3.73. The summed E-state index contributed by atoms with van der Waals surface area (Å²) in [5.74, 6) is -0.232. The van der Waals surface area contributed by atoms with Gasteiger partial charge in [-0.05, 0) is 31.5 Å². The number of anilines is 2. The van der Waals surface area contributed by atoms with Crippen LogP contribution < -0.4 is 11.1 Å². The minimum Gasteiger partial charge on any atom is -0.448 e. The fourth-order valence-corrected chi connectivity index (χ4v) is 2.81. The van der Waals surface area contributed by atoms with Crippen molar-refractivity contribution in [2.45, 2.75) is 18.9 Å². The van der Waals surface area contributed by atoms with Gasteiger partial charge in [0.2, 0.25) is 5.09 Å². The summed E-state index contributed by atoms with van der Waals surface area (Å²) in [6.45, 7) is 3.37. The zero-order valence-corrected chi connectivity index (χ0v) is 14.2. The van der Waals surface area contributed by atoms with E-state index in [0.29, 0.717) is 11.4 Å². The Kier molecular flexibility index (Phi) is 4.49. The normalized spacial score (nSPS) is 11.7. The number of hydrogen-bond donors (Lipinski definition) is 2. The smallest absolute Gasteiger partial charge is 0.275 e. The molecule has 0 aliphatic heterocycles. The fraction of sp³-hybridized carbons (Fsp3) is 0.267. The summed E-state index contributed by atoms with van der Waals surface area (Å²) < 4.78 is 30.4. The van der Waals surface area contributed by atoms with E-state index in [0.717, 1.165) is 9.87 Å². The molecule has 7 nitrogen and oxygen atoms in total. The number of carbonyl (C=O) groups is 1. The Bertz CT molecular complexity index is 854. The molecule has 0 aliphatic rings. The van der Waals surface area contributed by atoms with Crippen LogP contribution in [0.5, 0.6) is 0 Å². The van der Waals surface area contributed by atoms with E-state index in [1.165, 1.54) is 27.1 Å². The lowest BCUT2D eigenvalue weighted by molar-refractivity contribution is 0.102. The molecule has 1 aromatic carbocycles. The third kappa shape index (κ3) is 3.38. The molecule has 0 aliphatic carbocycles. The Labute approximate surface area is 135 Å². The molecule has 0 radical (unpaired) electrons. The molecule has 1 heterocycles. The average molecular weight is 337 g/mol. The van der Waals surface area contributed by atoms with Gasteiger partial charge in [-0.15, -0.1) is 0 Å². The number of benzene rings is 1. The van der Waals surface area contributed by atoms with E-state index in [4.69, 9.17) is 10.2 Å². The molecule has 1 aromatic heterocycles. The quantitative estimate of drug-likeness (QED) is 0.830. The topological polar surface area (TPSA) is 106 Å². The first-order chi connectivity index (χ1) is 10.6. The predicted molar refractivity (Wildman–Crippen MR) is 87.9 cm³/mol. The Morgan fingerprint density at radius 1 is 1.22 bits per heavy atom. The molecule has 1 amide bonds. The second-order valence-electron chi connectivity index (χ2n) is 5.35. The maximum absolute atomic E-state index is 12.4. The van der Waals surface area contributed by atoms with Gasteiger partial charge in [0.05, 0.1) is 5.56 Å². The second-order valence-corrected chi connectivity index (χ2v) is 7.43. The van der Waals surface area contributed by atoms with Crippen molar-refractivity contribution in [2.24, 2.45) is 0 Å². The van der Waals surface area contributed by atoms with Crippen molar-refractivity contribution in [3.05, 3.63) is 41.2 Å². The highest BCUT2D eigenvalue weighted by Gasteiger charge is 2.25. The maximum atomic E-state index is 12.4. The zero-order valence-electron chi connectivity index (χ0n) is 13.4. The largest absolute Gasteiger partial charge is 0.448 e. The Morgan fingerprint density at radius 2 is 1.87 bits per heavy atom. The number of aryl methyl sites for hydroxylation is 2.